The molecule has 0 radical (unpaired) electrons. The summed E-state index contributed by atoms with van der Waals surface area (Å²) < 4.78 is 0. The van der Waals surface area contributed by atoms with Crippen LogP contribution in [0.4, 0.5) is 5.69 Å². The van der Waals surface area contributed by atoms with Crippen LogP contribution in [0.2, 0.25) is 0 Å². The fourth-order valence-electron chi connectivity index (χ4n) is 7.33. The van der Waals surface area contributed by atoms with E-state index in [2.05, 4.69) is 6.58 Å². The third-order valence-electron chi connectivity index (χ3n) is 9.27. The minimum absolute atomic E-state index is 0.110. The second-order valence-electron chi connectivity index (χ2n) is 11.3. The van der Waals surface area contributed by atoms with Crippen LogP contribution in [0.25, 0.3) is 0 Å². The number of anilines is 1. The van der Waals surface area contributed by atoms with Crippen molar-refractivity contribution in [3.05, 3.63) is 77.9 Å². The molecule has 0 bridgehead atoms. The molecule has 6 atom stereocenters. The third-order valence-corrected chi connectivity index (χ3v) is 10.7. The maximum atomic E-state index is 14.1. The molecule has 2 aromatic rings. The summed E-state index contributed by atoms with van der Waals surface area (Å²) in [6, 6.07) is 10.9. The van der Waals surface area contributed by atoms with Gasteiger partial charge in [-0.1, -0.05) is 48.1 Å². The number of benzene rings is 2. The zero-order valence-electron chi connectivity index (χ0n) is 22.5. The van der Waals surface area contributed by atoms with Gasteiger partial charge in [0.2, 0.25) is 11.8 Å². The van der Waals surface area contributed by atoms with E-state index in [-0.39, 0.29) is 29.7 Å². The molecule has 2 heterocycles. The quantitative estimate of drug-likeness (QED) is 0.204. The molecule has 216 valence electrons. The topological polar surface area (TPSA) is 135 Å². The van der Waals surface area contributed by atoms with Gasteiger partial charge in [0.05, 0.1) is 17.5 Å². The summed E-state index contributed by atoms with van der Waals surface area (Å²) in [4.78, 5) is 53.0. The highest BCUT2D eigenvalue weighted by Gasteiger charge is 2.76. The van der Waals surface area contributed by atoms with E-state index in [1.807, 2.05) is 0 Å². The molecule has 2 aromatic carbocycles. The molecule has 0 spiro atoms. The van der Waals surface area contributed by atoms with Crippen LogP contribution in [-0.2, 0) is 25.6 Å². The highest BCUT2D eigenvalue weighted by molar-refractivity contribution is 6.58. The van der Waals surface area contributed by atoms with E-state index < -0.39 is 64.2 Å². The van der Waals surface area contributed by atoms with Crippen LogP contribution in [-0.4, -0.2) is 67.6 Å². The number of amides is 4. The Labute approximate surface area is 252 Å². The maximum Gasteiger partial charge on any atom is 0.488 e. The van der Waals surface area contributed by atoms with Crippen LogP contribution >= 0.6 is 23.2 Å². The number of allylic oxidation sites excluding steroid dienone is 3. The van der Waals surface area contributed by atoms with Gasteiger partial charge in [0, 0.05) is 18.5 Å². The summed E-state index contributed by atoms with van der Waals surface area (Å²) in [5.74, 6) is -6.06. The van der Waals surface area contributed by atoms with Gasteiger partial charge in [0.25, 0.3) is 11.8 Å². The molecule has 3 N–H and O–H groups in total. The molecule has 4 aliphatic rings. The molecule has 1 saturated carbocycles. The molecule has 4 amide bonds. The lowest BCUT2D eigenvalue weighted by Gasteiger charge is -2.50. The van der Waals surface area contributed by atoms with Crippen LogP contribution in [0.15, 0.2) is 66.8 Å². The standard InChI is InChI=1S/C30H27BCl2N2O7/c1-3-6-15-7-4-10-20(24(15)36)23-18-11-12-19-22(21(18)14-29(32)27(39)34(2)28(40)30(23,29)33)26(38)35(25(19)37)17-9-5-8-16(13-17)31(41)42/h3-5,7-11,13,19,21-23,36,41-42H,1,6,12,14H2,2H3. The predicted molar refractivity (Wildman–Crippen MR) is 156 cm³/mol. The van der Waals surface area contributed by atoms with Gasteiger partial charge < -0.3 is 15.2 Å². The van der Waals surface area contributed by atoms with Crippen molar-refractivity contribution >= 4 is 65.1 Å². The van der Waals surface area contributed by atoms with E-state index in [1.54, 1.807) is 30.4 Å². The Hall–Kier alpha value is -3.44. The van der Waals surface area contributed by atoms with E-state index in [0.717, 1.165) is 9.80 Å². The number of likely N-dealkylation sites (tertiary alicyclic amines) is 1. The molecular weight excluding hydrogens is 582 g/mol. The van der Waals surface area contributed by atoms with Gasteiger partial charge in [0.1, 0.15) is 5.75 Å². The Bertz CT molecular complexity index is 1610. The number of phenolic OH excluding ortho intramolecular Hbond substituents is 1. The summed E-state index contributed by atoms with van der Waals surface area (Å²) in [6.07, 6.45) is 3.72. The van der Waals surface area contributed by atoms with Crippen molar-refractivity contribution < 1.29 is 34.3 Å². The van der Waals surface area contributed by atoms with Gasteiger partial charge >= 0.3 is 7.12 Å². The Kier molecular flexibility index (Phi) is 6.69. The third kappa shape index (κ3) is 3.65. The first kappa shape index (κ1) is 28.7. The zero-order valence-corrected chi connectivity index (χ0v) is 24.0. The van der Waals surface area contributed by atoms with Crippen molar-refractivity contribution in [3.8, 4) is 5.75 Å². The van der Waals surface area contributed by atoms with E-state index in [0.29, 0.717) is 23.1 Å². The molecule has 12 heteroatoms. The minimum atomic E-state index is -2.00. The van der Waals surface area contributed by atoms with Crippen molar-refractivity contribution in [2.24, 2.45) is 17.8 Å². The van der Waals surface area contributed by atoms with E-state index in [4.69, 9.17) is 23.2 Å². The first-order valence-electron chi connectivity index (χ1n) is 13.5. The summed E-state index contributed by atoms with van der Waals surface area (Å²) in [6.45, 7) is 3.74. The zero-order chi connectivity index (χ0) is 30.3. The van der Waals surface area contributed by atoms with Crippen LogP contribution < -0.4 is 10.4 Å². The first-order valence-corrected chi connectivity index (χ1v) is 14.3. The number of para-hydroxylation sites is 1. The van der Waals surface area contributed by atoms with Gasteiger partial charge in [-0.25, -0.2) is 0 Å². The smallest absolute Gasteiger partial charge is 0.488 e. The molecule has 6 rings (SSSR count). The van der Waals surface area contributed by atoms with Gasteiger partial charge in [-0.15, -0.1) is 29.8 Å². The van der Waals surface area contributed by atoms with Crippen molar-refractivity contribution in [2.75, 3.05) is 11.9 Å². The number of hydrogen-bond donors (Lipinski definition) is 3. The molecule has 0 aromatic heterocycles. The number of imide groups is 2. The molecule has 2 aliphatic heterocycles. The molecule has 9 nitrogen and oxygen atoms in total. The Balaban J connectivity index is 1.51. The van der Waals surface area contributed by atoms with Crippen molar-refractivity contribution in [1.29, 1.82) is 0 Å². The maximum absolute atomic E-state index is 14.1. The monoisotopic (exact) mass is 608 g/mol. The lowest BCUT2D eigenvalue weighted by Crippen LogP contribution is -2.60. The average Bonchev–Trinajstić information content (AvgIpc) is 3.29. The second-order valence-corrected chi connectivity index (χ2v) is 12.6. The number of fused-ring (bicyclic) bond motifs is 4. The van der Waals surface area contributed by atoms with Crippen molar-refractivity contribution in [3.63, 3.8) is 0 Å². The molecule has 6 unspecified atom stereocenters. The minimum Gasteiger partial charge on any atom is -0.507 e. The fourth-order valence-corrected chi connectivity index (χ4v) is 8.34. The number of hydrogen-bond acceptors (Lipinski definition) is 7. The number of alkyl halides is 2. The summed E-state index contributed by atoms with van der Waals surface area (Å²) in [5, 5.41) is 30.7. The molecule has 2 saturated heterocycles. The van der Waals surface area contributed by atoms with Crippen LogP contribution in [0, 0.1) is 17.8 Å². The number of carbonyl (C=O) groups is 4. The van der Waals surface area contributed by atoms with E-state index in [9.17, 15) is 34.3 Å². The number of halogens is 2. The van der Waals surface area contributed by atoms with Crippen molar-refractivity contribution in [2.45, 2.75) is 34.9 Å². The van der Waals surface area contributed by atoms with Crippen LogP contribution in [0.1, 0.15) is 29.9 Å². The lowest BCUT2D eigenvalue weighted by atomic mass is 9.56. The number of nitrogens with zero attached hydrogens (tertiary/aromatic N) is 2. The largest absolute Gasteiger partial charge is 0.507 e. The first-order chi connectivity index (χ1) is 19.9. The number of carbonyl (C=O) groups excluding carboxylic acids is 4. The number of aromatic hydroxyl groups is 1. The lowest BCUT2D eigenvalue weighted by molar-refractivity contribution is -0.138. The Morgan fingerprint density at radius 1 is 1.05 bits per heavy atom. The average molecular weight is 609 g/mol. The van der Waals surface area contributed by atoms with Gasteiger partial charge in [0.15, 0.2) is 9.75 Å². The number of rotatable bonds is 5. The summed E-state index contributed by atoms with van der Waals surface area (Å²) in [7, 11) is -0.495. The van der Waals surface area contributed by atoms with E-state index in [1.165, 1.54) is 31.3 Å². The molecule has 42 heavy (non-hydrogen) atoms. The van der Waals surface area contributed by atoms with Gasteiger partial charge in [-0.3, -0.25) is 29.0 Å². The predicted octanol–water partition coefficient (Wildman–Crippen LogP) is 1.99. The van der Waals surface area contributed by atoms with Crippen LogP contribution in [0.5, 0.6) is 5.75 Å². The van der Waals surface area contributed by atoms with Gasteiger partial charge in [-0.05, 0) is 48.3 Å². The highest BCUT2D eigenvalue weighted by Crippen LogP contribution is 2.66. The van der Waals surface area contributed by atoms with Crippen LogP contribution in [0.3, 0.4) is 0 Å². The molecular formula is C30H27BCl2N2O7. The summed E-state index contributed by atoms with van der Waals surface area (Å²) in [5.41, 5.74) is 1.69. The fraction of sp³-hybridized carbons (Fsp3) is 0.333. The van der Waals surface area contributed by atoms with Gasteiger partial charge in [-0.2, -0.15) is 0 Å². The second kappa shape index (κ2) is 9.81. The van der Waals surface area contributed by atoms with Crippen molar-refractivity contribution in [1.82, 2.24) is 4.90 Å². The Morgan fingerprint density at radius 3 is 2.45 bits per heavy atom. The highest BCUT2D eigenvalue weighted by atomic mass is 35.5. The summed E-state index contributed by atoms with van der Waals surface area (Å²) >= 11 is 14.4. The Morgan fingerprint density at radius 2 is 1.76 bits per heavy atom. The number of phenols is 1. The van der Waals surface area contributed by atoms with E-state index >= 15 is 0 Å². The molecule has 3 fully saturated rings. The SMILES string of the molecule is C=CCc1cccc(C2C3=CCC4C(=O)N(c5cccc(B(O)O)c5)C(=O)C4C3CC3(Cl)C(=O)N(C)C(=O)C23Cl)c1O. The molecule has 2 aliphatic carbocycles. The normalized spacial score (nSPS) is 32.0.